The summed E-state index contributed by atoms with van der Waals surface area (Å²) in [6.45, 7) is 2.28. The fourth-order valence-corrected chi connectivity index (χ4v) is 2.17. The lowest BCUT2D eigenvalue weighted by Gasteiger charge is -2.40. The summed E-state index contributed by atoms with van der Waals surface area (Å²) in [6, 6.07) is 0. The number of nitrogens with zero attached hydrogens (tertiary/aromatic N) is 1. The lowest BCUT2D eigenvalue weighted by atomic mass is 9.78. The molecule has 0 heterocycles. The highest BCUT2D eigenvalue weighted by atomic mass is 16.5. The average molecular weight is 198 g/mol. The van der Waals surface area contributed by atoms with Crippen molar-refractivity contribution in [2.24, 2.45) is 5.92 Å². The maximum absolute atomic E-state index is 8.05. The van der Waals surface area contributed by atoms with Crippen LogP contribution in [0.5, 0.6) is 0 Å². The molecule has 1 fully saturated rings. The molecule has 0 atom stereocenters. The summed E-state index contributed by atoms with van der Waals surface area (Å²) in [5.74, 6) is 1.40. The monoisotopic (exact) mass is 198 g/mol. The fraction of sp³-hybridized carbons (Fsp3) is 0.909. The molecular weight excluding hydrogens is 176 g/mol. The Labute approximate surface area is 86.9 Å². The maximum Gasteiger partial charge on any atom is 0.128 e. The van der Waals surface area contributed by atoms with Gasteiger partial charge >= 0.3 is 0 Å². The van der Waals surface area contributed by atoms with Crippen LogP contribution in [-0.2, 0) is 4.74 Å². The highest BCUT2D eigenvalue weighted by Crippen LogP contribution is 2.35. The van der Waals surface area contributed by atoms with Crippen LogP contribution in [0.3, 0.4) is 0 Å². The second kappa shape index (κ2) is 4.30. The lowest BCUT2D eigenvalue weighted by Crippen LogP contribution is -2.49. The summed E-state index contributed by atoms with van der Waals surface area (Å²) in [7, 11) is 5.57. The van der Waals surface area contributed by atoms with Crippen molar-refractivity contribution in [3.63, 3.8) is 0 Å². The third-order valence-electron chi connectivity index (χ3n) is 3.35. The molecule has 1 N–H and O–H groups in total. The van der Waals surface area contributed by atoms with Crippen LogP contribution in [0.1, 0.15) is 32.6 Å². The summed E-state index contributed by atoms with van der Waals surface area (Å²) in [5, 5.41) is 8.05. The first kappa shape index (κ1) is 11.5. The van der Waals surface area contributed by atoms with Gasteiger partial charge in [-0.05, 0) is 31.6 Å². The summed E-state index contributed by atoms with van der Waals surface area (Å²) in [6.07, 6.45) is 4.32. The van der Waals surface area contributed by atoms with Crippen molar-refractivity contribution in [3.05, 3.63) is 0 Å². The summed E-state index contributed by atoms with van der Waals surface area (Å²) >= 11 is 0. The van der Waals surface area contributed by atoms with E-state index in [0.29, 0.717) is 5.84 Å². The standard InChI is InChI=1S/C11H22N2O/c1-9-5-7-11(14-4,8-6-9)10(12)13(2)3/h9,12H,5-8H2,1-4H3. The zero-order valence-electron chi connectivity index (χ0n) is 9.76. The molecule has 1 rings (SSSR count). The molecule has 0 aromatic heterocycles. The molecule has 1 saturated carbocycles. The average Bonchev–Trinajstić information content (AvgIpc) is 2.18. The Morgan fingerprint density at radius 3 is 2.21 bits per heavy atom. The van der Waals surface area contributed by atoms with Gasteiger partial charge in [-0.1, -0.05) is 6.92 Å². The van der Waals surface area contributed by atoms with Crippen molar-refractivity contribution in [3.8, 4) is 0 Å². The van der Waals surface area contributed by atoms with Crippen LogP contribution < -0.4 is 0 Å². The van der Waals surface area contributed by atoms with Crippen LogP contribution in [0.4, 0.5) is 0 Å². The summed E-state index contributed by atoms with van der Waals surface area (Å²) < 4.78 is 5.58. The predicted octanol–water partition coefficient (Wildman–Crippen LogP) is 2.12. The Kier molecular flexibility index (Phi) is 3.53. The number of amidine groups is 1. The molecule has 0 bridgehead atoms. The van der Waals surface area contributed by atoms with Crippen molar-refractivity contribution >= 4 is 5.84 Å². The lowest BCUT2D eigenvalue weighted by molar-refractivity contribution is 0.00101. The molecular formula is C11H22N2O. The van der Waals surface area contributed by atoms with Gasteiger partial charge in [0.1, 0.15) is 11.4 Å². The van der Waals surface area contributed by atoms with E-state index < -0.39 is 0 Å². The second-order valence-corrected chi connectivity index (χ2v) is 4.62. The molecule has 0 saturated heterocycles. The minimum Gasteiger partial charge on any atom is -0.370 e. The molecule has 0 radical (unpaired) electrons. The van der Waals surface area contributed by atoms with E-state index in [1.165, 1.54) is 12.8 Å². The largest absolute Gasteiger partial charge is 0.370 e. The Morgan fingerprint density at radius 2 is 1.86 bits per heavy atom. The number of likely N-dealkylation sites (N-methyl/N-ethyl adjacent to an activating group) is 1. The minimum absolute atomic E-state index is 0.310. The van der Waals surface area contributed by atoms with Gasteiger partial charge in [0.05, 0.1) is 0 Å². The van der Waals surface area contributed by atoms with Crippen molar-refractivity contribution in [1.82, 2.24) is 4.90 Å². The molecule has 14 heavy (non-hydrogen) atoms. The summed E-state index contributed by atoms with van der Waals surface area (Å²) in [5.41, 5.74) is -0.310. The number of hydrogen-bond acceptors (Lipinski definition) is 2. The Morgan fingerprint density at radius 1 is 1.36 bits per heavy atom. The molecule has 1 aliphatic carbocycles. The van der Waals surface area contributed by atoms with E-state index in [1.807, 2.05) is 19.0 Å². The van der Waals surface area contributed by atoms with Gasteiger partial charge in [0, 0.05) is 21.2 Å². The minimum atomic E-state index is -0.310. The van der Waals surface area contributed by atoms with Crippen LogP contribution in [0.15, 0.2) is 0 Å². The zero-order chi connectivity index (χ0) is 10.8. The van der Waals surface area contributed by atoms with Crippen LogP contribution in [-0.4, -0.2) is 37.5 Å². The van der Waals surface area contributed by atoms with E-state index in [1.54, 1.807) is 7.11 Å². The van der Waals surface area contributed by atoms with E-state index in [-0.39, 0.29) is 5.60 Å². The van der Waals surface area contributed by atoms with E-state index in [0.717, 1.165) is 18.8 Å². The van der Waals surface area contributed by atoms with Gasteiger partial charge in [-0.2, -0.15) is 0 Å². The van der Waals surface area contributed by atoms with Crippen molar-refractivity contribution in [1.29, 1.82) is 5.41 Å². The molecule has 0 spiro atoms. The number of methoxy groups -OCH3 is 1. The Bertz CT molecular complexity index is 205. The van der Waals surface area contributed by atoms with E-state index in [4.69, 9.17) is 10.1 Å². The number of hydrogen-bond donors (Lipinski definition) is 1. The first-order valence-corrected chi connectivity index (χ1v) is 5.33. The van der Waals surface area contributed by atoms with Gasteiger partial charge in [-0.15, -0.1) is 0 Å². The SMILES string of the molecule is COC1(C(=N)N(C)C)CCC(C)CC1. The van der Waals surface area contributed by atoms with Crippen LogP contribution in [0.2, 0.25) is 0 Å². The molecule has 3 nitrogen and oxygen atoms in total. The predicted molar refractivity (Wildman–Crippen MR) is 58.8 cm³/mol. The van der Waals surface area contributed by atoms with Gasteiger partial charge in [-0.3, -0.25) is 5.41 Å². The first-order chi connectivity index (χ1) is 6.52. The van der Waals surface area contributed by atoms with Crippen molar-refractivity contribution in [2.45, 2.75) is 38.2 Å². The number of ether oxygens (including phenoxy) is 1. The Hall–Kier alpha value is -0.570. The number of nitrogens with one attached hydrogen (secondary N) is 1. The van der Waals surface area contributed by atoms with Crippen molar-refractivity contribution in [2.75, 3.05) is 21.2 Å². The van der Waals surface area contributed by atoms with Gasteiger partial charge in [-0.25, -0.2) is 0 Å². The van der Waals surface area contributed by atoms with Gasteiger partial charge < -0.3 is 9.64 Å². The molecule has 82 valence electrons. The molecule has 1 aliphatic rings. The van der Waals surface area contributed by atoms with Crippen LogP contribution >= 0.6 is 0 Å². The van der Waals surface area contributed by atoms with E-state index in [2.05, 4.69) is 6.92 Å². The van der Waals surface area contributed by atoms with Gasteiger partial charge in [0.25, 0.3) is 0 Å². The number of rotatable bonds is 2. The van der Waals surface area contributed by atoms with E-state index in [9.17, 15) is 0 Å². The van der Waals surface area contributed by atoms with Crippen LogP contribution in [0, 0.1) is 11.3 Å². The molecule has 0 unspecified atom stereocenters. The molecule has 0 amide bonds. The van der Waals surface area contributed by atoms with Gasteiger partial charge in [0.2, 0.25) is 0 Å². The normalized spacial score (nSPS) is 32.7. The van der Waals surface area contributed by atoms with Crippen molar-refractivity contribution < 1.29 is 4.74 Å². The van der Waals surface area contributed by atoms with Crippen LogP contribution in [0.25, 0.3) is 0 Å². The maximum atomic E-state index is 8.05. The fourth-order valence-electron chi connectivity index (χ4n) is 2.17. The quantitative estimate of drug-likeness (QED) is 0.545. The molecule has 0 aliphatic heterocycles. The van der Waals surface area contributed by atoms with E-state index >= 15 is 0 Å². The third-order valence-corrected chi connectivity index (χ3v) is 3.35. The highest BCUT2D eigenvalue weighted by Gasteiger charge is 2.39. The second-order valence-electron chi connectivity index (χ2n) is 4.62. The smallest absolute Gasteiger partial charge is 0.128 e. The van der Waals surface area contributed by atoms with Gasteiger partial charge in [0.15, 0.2) is 0 Å². The zero-order valence-corrected chi connectivity index (χ0v) is 9.76. The molecule has 3 heteroatoms. The Balaban J connectivity index is 2.72. The third kappa shape index (κ3) is 2.08. The molecule has 0 aromatic carbocycles. The first-order valence-electron chi connectivity index (χ1n) is 5.33. The topological polar surface area (TPSA) is 36.3 Å². The summed E-state index contributed by atoms with van der Waals surface area (Å²) in [4.78, 5) is 1.86. The molecule has 0 aromatic rings. The highest BCUT2D eigenvalue weighted by molar-refractivity contribution is 5.87.